The molecule has 25 heavy (non-hydrogen) atoms. The number of benzene rings is 1. The standard InChI is InChI=1S/C19H21N3O3/c1-24-19(23)16-9-13(10-20-16)11-22-8-4-5-14(12-22)18-21-15-6-2-3-7-17(15)25-18/h2-3,6-7,9-10,14,20H,4-5,8,11-12H2,1H3/t14-/m1/s1. The molecule has 0 saturated carbocycles. The molecule has 1 atom stereocenters. The first-order chi connectivity index (χ1) is 12.2. The second kappa shape index (κ2) is 6.72. The number of esters is 1. The number of carbonyl (C=O) groups excluding carboxylic acids is 1. The first kappa shape index (κ1) is 15.9. The molecule has 6 heteroatoms. The van der Waals surface area contributed by atoms with Crippen molar-refractivity contribution in [2.75, 3.05) is 20.2 Å². The Hall–Kier alpha value is -2.60. The molecular weight excluding hydrogens is 318 g/mol. The van der Waals surface area contributed by atoms with E-state index in [1.54, 1.807) is 0 Å². The van der Waals surface area contributed by atoms with Crippen LogP contribution in [0.4, 0.5) is 0 Å². The molecule has 1 N–H and O–H groups in total. The number of piperidine rings is 1. The molecule has 0 amide bonds. The van der Waals surface area contributed by atoms with Gasteiger partial charge in [0.1, 0.15) is 11.2 Å². The molecule has 1 fully saturated rings. The molecule has 0 bridgehead atoms. The molecule has 4 rings (SSSR count). The summed E-state index contributed by atoms with van der Waals surface area (Å²) in [5.41, 5.74) is 3.34. The minimum Gasteiger partial charge on any atom is -0.464 e. The number of H-pyrrole nitrogens is 1. The molecule has 0 aliphatic carbocycles. The lowest BCUT2D eigenvalue weighted by Crippen LogP contribution is -2.33. The van der Waals surface area contributed by atoms with Crippen molar-refractivity contribution in [2.24, 2.45) is 0 Å². The Morgan fingerprint density at radius 2 is 2.32 bits per heavy atom. The summed E-state index contributed by atoms with van der Waals surface area (Å²) in [6.07, 6.45) is 4.07. The highest BCUT2D eigenvalue weighted by Crippen LogP contribution is 2.29. The van der Waals surface area contributed by atoms with Gasteiger partial charge in [-0.1, -0.05) is 12.1 Å². The molecule has 2 aromatic heterocycles. The van der Waals surface area contributed by atoms with E-state index in [0.717, 1.165) is 55.0 Å². The van der Waals surface area contributed by atoms with Crippen LogP contribution < -0.4 is 0 Å². The van der Waals surface area contributed by atoms with E-state index in [2.05, 4.69) is 14.9 Å². The molecule has 6 nitrogen and oxygen atoms in total. The average Bonchev–Trinajstić information content (AvgIpc) is 3.28. The predicted octanol–water partition coefficient (Wildman–Crippen LogP) is 3.32. The number of carbonyl (C=O) groups is 1. The average molecular weight is 339 g/mol. The zero-order valence-corrected chi connectivity index (χ0v) is 14.2. The molecule has 130 valence electrons. The highest BCUT2D eigenvalue weighted by atomic mass is 16.5. The molecule has 0 radical (unpaired) electrons. The fourth-order valence-corrected chi connectivity index (χ4v) is 3.48. The Bertz CT molecular complexity index is 850. The van der Waals surface area contributed by atoms with Crippen molar-refractivity contribution in [1.82, 2.24) is 14.9 Å². The fraction of sp³-hybridized carbons (Fsp3) is 0.368. The van der Waals surface area contributed by atoms with Crippen molar-refractivity contribution in [3.8, 4) is 0 Å². The number of ether oxygens (including phenoxy) is 1. The quantitative estimate of drug-likeness (QED) is 0.738. The van der Waals surface area contributed by atoms with Gasteiger partial charge in [0.15, 0.2) is 11.5 Å². The van der Waals surface area contributed by atoms with Crippen molar-refractivity contribution < 1.29 is 13.9 Å². The van der Waals surface area contributed by atoms with E-state index in [0.29, 0.717) is 11.6 Å². The zero-order valence-electron chi connectivity index (χ0n) is 14.2. The van der Waals surface area contributed by atoms with Crippen LogP contribution in [0.2, 0.25) is 0 Å². The van der Waals surface area contributed by atoms with E-state index >= 15 is 0 Å². The molecule has 1 saturated heterocycles. The van der Waals surface area contributed by atoms with Crippen molar-refractivity contribution in [2.45, 2.75) is 25.3 Å². The number of nitrogens with zero attached hydrogens (tertiary/aromatic N) is 2. The van der Waals surface area contributed by atoms with Crippen molar-refractivity contribution in [3.05, 3.63) is 53.7 Å². The monoisotopic (exact) mass is 339 g/mol. The first-order valence-electron chi connectivity index (χ1n) is 8.56. The number of para-hydroxylation sites is 2. The van der Waals surface area contributed by atoms with E-state index in [1.807, 2.05) is 36.5 Å². The van der Waals surface area contributed by atoms with Crippen LogP contribution in [-0.2, 0) is 11.3 Å². The minimum atomic E-state index is -0.339. The van der Waals surface area contributed by atoms with Crippen LogP contribution in [0.5, 0.6) is 0 Å². The second-order valence-corrected chi connectivity index (χ2v) is 6.51. The zero-order chi connectivity index (χ0) is 17.2. The van der Waals surface area contributed by atoms with E-state index in [4.69, 9.17) is 9.15 Å². The lowest BCUT2D eigenvalue weighted by atomic mass is 9.97. The van der Waals surface area contributed by atoms with Gasteiger partial charge < -0.3 is 14.1 Å². The van der Waals surface area contributed by atoms with E-state index in [-0.39, 0.29) is 5.97 Å². The number of aromatic amines is 1. The summed E-state index contributed by atoms with van der Waals surface area (Å²) < 4.78 is 10.7. The van der Waals surface area contributed by atoms with Crippen LogP contribution in [-0.4, -0.2) is 41.0 Å². The van der Waals surface area contributed by atoms with Gasteiger partial charge in [-0.05, 0) is 43.1 Å². The molecule has 1 aromatic carbocycles. The molecule has 0 unspecified atom stereocenters. The van der Waals surface area contributed by atoms with Gasteiger partial charge in [0.2, 0.25) is 0 Å². The summed E-state index contributed by atoms with van der Waals surface area (Å²) in [4.78, 5) is 21.6. The lowest BCUT2D eigenvalue weighted by Gasteiger charge is -2.30. The van der Waals surface area contributed by atoms with Crippen LogP contribution in [0.25, 0.3) is 11.1 Å². The molecular formula is C19H21N3O3. The van der Waals surface area contributed by atoms with Crippen LogP contribution in [0.15, 0.2) is 40.9 Å². The smallest absolute Gasteiger partial charge is 0.354 e. The van der Waals surface area contributed by atoms with Crippen LogP contribution in [0.1, 0.15) is 40.7 Å². The third-order valence-electron chi connectivity index (χ3n) is 4.72. The fourth-order valence-electron chi connectivity index (χ4n) is 3.48. The summed E-state index contributed by atoms with van der Waals surface area (Å²) in [6, 6.07) is 9.74. The van der Waals surface area contributed by atoms with Crippen molar-refractivity contribution in [1.29, 1.82) is 0 Å². The molecule has 3 aromatic rings. The number of hydrogen-bond donors (Lipinski definition) is 1. The topological polar surface area (TPSA) is 71.4 Å². The van der Waals surface area contributed by atoms with Gasteiger partial charge in [-0.15, -0.1) is 0 Å². The summed E-state index contributed by atoms with van der Waals surface area (Å²) in [7, 11) is 1.39. The Morgan fingerprint density at radius 3 is 3.16 bits per heavy atom. The van der Waals surface area contributed by atoms with E-state index in [9.17, 15) is 4.79 Å². The van der Waals surface area contributed by atoms with Crippen molar-refractivity contribution >= 4 is 17.1 Å². The maximum absolute atomic E-state index is 11.6. The SMILES string of the molecule is COC(=O)c1cc(CN2CCC[C@@H](c3nc4ccccc4o3)C2)c[nH]1. The minimum absolute atomic E-state index is 0.306. The van der Waals surface area contributed by atoms with Gasteiger partial charge in [0.25, 0.3) is 0 Å². The number of hydrogen-bond acceptors (Lipinski definition) is 5. The Morgan fingerprint density at radius 1 is 1.44 bits per heavy atom. The molecule has 3 heterocycles. The summed E-state index contributed by atoms with van der Waals surface area (Å²) in [5, 5.41) is 0. The second-order valence-electron chi connectivity index (χ2n) is 6.51. The number of rotatable bonds is 4. The lowest BCUT2D eigenvalue weighted by molar-refractivity contribution is 0.0594. The highest BCUT2D eigenvalue weighted by molar-refractivity contribution is 5.87. The number of aromatic nitrogens is 2. The van der Waals surface area contributed by atoms with Gasteiger partial charge in [0, 0.05) is 25.2 Å². The number of fused-ring (bicyclic) bond motifs is 1. The van der Waals surface area contributed by atoms with Gasteiger partial charge in [-0.25, -0.2) is 9.78 Å². The number of oxazole rings is 1. The summed E-state index contributed by atoms with van der Waals surface area (Å²) >= 11 is 0. The number of methoxy groups -OCH3 is 1. The molecule has 1 aliphatic heterocycles. The molecule has 1 aliphatic rings. The van der Waals surface area contributed by atoms with Crippen LogP contribution >= 0.6 is 0 Å². The Labute approximate surface area is 145 Å². The van der Waals surface area contributed by atoms with Crippen LogP contribution in [0, 0.1) is 0 Å². The van der Waals surface area contributed by atoms with Gasteiger partial charge in [-0.3, -0.25) is 4.90 Å². The normalized spacial score (nSPS) is 18.5. The van der Waals surface area contributed by atoms with E-state index in [1.165, 1.54) is 7.11 Å². The summed E-state index contributed by atoms with van der Waals surface area (Å²) in [5.74, 6) is 0.796. The van der Waals surface area contributed by atoms with Crippen LogP contribution in [0.3, 0.4) is 0 Å². The first-order valence-corrected chi connectivity index (χ1v) is 8.56. The Kier molecular flexibility index (Phi) is 4.28. The number of likely N-dealkylation sites (tertiary alicyclic amines) is 1. The predicted molar refractivity (Wildman–Crippen MR) is 93.4 cm³/mol. The summed E-state index contributed by atoms with van der Waals surface area (Å²) in [6.45, 7) is 2.74. The molecule has 0 spiro atoms. The van der Waals surface area contributed by atoms with E-state index < -0.39 is 0 Å². The Balaban J connectivity index is 1.45. The highest BCUT2D eigenvalue weighted by Gasteiger charge is 2.25. The maximum atomic E-state index is 11.6. The third-order valence-corrected chi connectivity index (χ3v) is 4.72. The third kappa shape index (κ3) is 3.30. The van der Waals surface area contributed by atoms with Gasteiger partial charge in [0.05, 0.1) is 7.11 Å². The van der Waals surface area contributed by atoms with Gasteiger partial charge in [-0.2, -0.15) is 0 Å². The number of nitrogens with one attached hydrogen (secondary N) is 1. The maximum Gasteiger partial charge on any atom is 0.354 e. The van der Waals surface area contributed by atoms with Crippen molar-refractivity contribution in [3.63, 3.8) is 0 Å². The van der Waals surface area contributed by atoms with Gasteiger partial charge >= 0.3 is 5.97 Å². The largest absolute Gasteiger partial charge is 0.464 e.